The number of aliphatic carboxylic acids is 1. The fourth-order valence-electron chi connectivity index (χ4n) is 3.67. The Balaban J connectivity index is 1.68. The number of hydrogen-bond donors (Lipinski definition) is 3. The van der Waals surface area contributed by atoms with Crippen LogP contribution in [0.15, 0.2) is 18.2 Å². The number of carboxylic acids is 1. The molecular weight excluding hydrogens is 308 g/mol. The monoisotopic (exact) mass is 330 g/mol. The number of amides is 2. The SMILES string of the molecule is O=C(CC1(C(=O)O)CCCCC1)Nc1ccc2c(c1)CCC(=O)N2. The van der Waals surface area contributed by atoms with Crippen LogP contribution in [-0.2, 0) is 20.8 Å². The number of carbonyl (C=O) groups excluding carboxylic acids is 2. The molecule has 0 atom stereocenters. The number of aryl methyl sites for hydroxylation is 1. The van der Waals surface area contributed by atoms with Gasteiger partial charge < -0.3 is 15.7 Å². The summed E-state index contributed by atoms with van der Waals surface area (Å²) in [6, 6.07) is 5.35. The average molecular weight is 330 g/mol. The van der Waals surface area contributed by atoms with Crippen molar-refractivity contribution in [3.05, 3.63) is 23.8 Å². The Kier molecular flexibility index (Phi) is 4.55. The number of nitrogens with one attached hydrogen (secondary N) is 2. The van der Waals surface area contributed by atoms with Crippen LogP contribution < -0.4 is 10.6 Å². The van der Waals surface area contributed by atoms with E-state index in [1.54, 1.807) is 12.1 Å². The summed E-state index contributed by atoms with van der Waals surface area (Å²) in [5.41, 5.74) is 1.48. The van der Waals surface area contributed by atoms with Crippen LogP contribution in [0.5, 0.6) is 0 Å². The highest BCUT2D eigenvalue weighted by atomic mass is 16.4. The molecular formula is C18H22N2O4. The van der Waals surface area contributed by atoms with Gasteiger partial charge in [-0.2, -0.15) is 0 Å². The van der Waals surface area contributed by atoms with Gasteiger partial charge in [0.05, 0.1) is 5.41 Å². The first-order valence-electron chi connectivity index (χ1n) is 8.45. The molecule has 0 radical (unpaired) electrons. The maximum Gasteiger partial charge on any atom is 0.310 e. The molecule has 0 unspecified atom stereocenters. The number of hydrogen-bond acceptors (Lipinski definition) is 3. The minimum atomic E-state index is -0.926. The van der Waals surface area contributed by atoms with Gasteiger partial charge in [0.2, 0.25) is 11.8 Å². The molecule has 6 nitrogen and oxygen atoms in total. The van der Waals surface area contributed by atoms with Gasteiger partial charge in [-0.3, -0.25) is 14.4 Å². The average Bonchev–Trinajstić information content (AvgIpc) is 2.55. The summed E-state index contributed by atoms with van der Waals surface area (Å²) >= 11 is 0. The Morgan fingerprint density at radius 2 is 1.92 bits per heavy atom. The van der Waals surface area contributed by atoms with E-state index < -0.39 is 11.4 Å². The van der Waals surface area contributed by atoms with Gasteiger partial charge in [-0.25, -0.2) is 0 Å². The fraction of sp³-hybridized carbons (Fsp3) is 0.500. The van der Waals surface area contributed by atoms with Crippen LogP contribution in [0.4, 0.5) is 11.4 Å². The molecule has 128 valence electrons. The third-order valence-electron chi connectivity index (χ3n) is 5.05. The van der Waals surface area contributed by atoms with Crippen LogP contribution in [0.25, 0.3) is 0 Å². The summed E-state index contributed by atoms with van der Waals surface area (Å²) in [7, 11) is 0. The van der Waals surface area contributed by atoms with Gasteiger partial charge >= 0.3 is 5.97 Å². The molecule has 1 fully saturated rings. The summed E-state index contributed by atoms with van der Waals surface area (Å²) in [6.07, 6.45) is 4.97. The molecule has 1 heterocycles. The zero-order chi connectivity index (χ0) is 17.2. The van der Waals surface area contributed by atoms with Crippen molar-refractivity contribution in [2.24, 2.45) is 5.41 Å². The second-order valence-electron chi connectivity index (χ2n) is 6.79. The third-order valence-corrected chi connectivity index (χ3v) is 5.05. The van der Waals surface area contributed by atoms with Crippen molar-refractivity contribution in [3.63, 3.8) is 0 Å². The van der Waals surface area contributed by atoms with E-state index in [4.69, 9.17) is 0 Å². The minimum absolute atomic E-state index is 0.0000148. The lowest BCUT2D eigenvalue weighted by Crippen LogP contribution is -2.37. The molecule has 0 aromatic heterocycles. The Bertz CT molecular complexity index is 678. The van der Waals surface area contributed by atoms with E-state index in [-0.39, 0.29) is 18.2 Å². The molecule has 3 N–H and O–H groups in total. The fourth-order valence-corrected chi connectivity index (χ4v) is 3.67. The second kappa shape index (κ2) is 6.63. The summed E-state index contributed by atoms with van der Waals surface area (Å²) in [5.74, 6) is -1.13. The van der Waals surface area contributed by atoms with Gasteiger partial charge in [0.1, 0.15) is 0 Å². The van der Waals surface area contributed by atoms with E-state index in [0.29, 0.717) is 31.4 Å². The molecule has 0 saturated heterocycles. The van der Waals surface area contributed by atoms with Crippen LogP contribution in [0.2, 0.25) is 0 Å². The van der Waals surface area contributed by atoms with Crippen LogP contribution in [0.1, 0.15) is 50.5 Å². The van der Waals surface area contributed by atoms with Crippen molar-refractivity contribution in [2.75, 3.05) is 10.6 Å². The van der Waals surface area contributed by atoms with Crippen molar-refractivity contribution in [1.29, 1.82) is 0 Å². The summed E-state index contributed by atoms with van der Waals surface area (Å²) in [6.45, 7) is 0. The number of anilines is 2. The summed E-state index contributed by atoms with van der Waals surface area (Å²) < 4.78 is 0. The highest BCUT2D eigenvalue weighted by Crippen LogP contribution is 2.40. The van der Waals surface area contributed by atoms with Crippen molar-refractivity contribution < 1.29 is 19.5 Å². The lowest BCUT2D eigenvalue weighted by atomic mass is 9.71. The number of carbonyl (C=O) groups is 3. The van der Waals surface area contributed by atoms with Crippen molar-refractivity contribution >= 4 is 29.2 Å². The Hall–Kier alpha value is -2.37. The van der Waals surface area contributed by atoms with Gasteiger partial charge in [0.15, 0.2) is 0 Å². The van der Waals surface area contributed by atoms with E-state index in [1.807, 2.05) is 6.07 Å². The zero-order valence-corrected chi connectivity index (χ0v) is 13.6. The molecule has 2 amide bonds. The molecule has 6 heteroatoms. The molecule has 0 bridgehead atoms. The van der Waals surface area contributed by atoms with E-state index in [0.717, 1.165) is 30.5 Å². The van der Waals surface area contributed by atoms with Crippen LogP contribution in [0.3, 0.4) is 0 Å². The number of benzene rings is 1. The van der Waals surface area contributed by atoms with E-state index in [1.165, 1.54) is 0 Å². The highest BCUT2D eigenvalue weighted by molar-refractivity contribution is 5.96. The van der Waals surface area contributed by atoms with Gasteiger partial charge in [-0.15, -0.1) is 0 Å². The number of carboxylic acid groups (broad SMARTS) is 1. The lowest BCUT2D eigenvalue weighted by molar-refractivity contribution is -0.153. The molecule has 3 rings (SSSR count). The van der Waals surface area contributed by atoms with Crippen LogP contribution in [-0.4, -0.2) is 22.9 Å². The predicted octanol–water partition coefficient (Wildman–Crippen LogP) is 2.94. The first-order valence-corrected chi connectivity index (χ1v) is 8.45. The largest absolute Gasteiger partial charge is 0.481 e. The van der Waals surface area contributed by atoms with Crippen molar-refractivity contribution in [3.8, 4) is 0 Å². The molecule has 1 saturated carbocycles. The minimum Gasteiger partial charge on any atom is -0.481 e. The van der Waals surface area contributed by atoms with Crippen LogP contribution >= 0.6 is 0 Å². The first kappa shape index (κ1) is 16.5. The Morgan fingerprint density at radius 1 is 1.17 bits per heavy atom. The van der Waals surface area contributed by atoms with Gasteiger partial charge in [-0.1, -0.05) is 19.3 Å². The van der Waals surface area contributed by atoms with Crippen molar-refractivity contribution in [2.45, 2.75) is 51.4 Å². The third kappa shape index (κ3) is 3.42. The van der Waals surface area contributed by atoms with E-state index in [9.17, 15) is 19.5 Å². The summed E-state index contributed by atoms with van der Waals surface area (Å²) in [4.78, 5) is 35.4. The van der Waals surface area contributed by atoms with Crippen LogP contribution in [0, 0.1) is 5.41 Å². The van der Waals surface area contributed by atoms with Gasteiger partial charge in [-0.05, 0) is 43.0 Å². The van der Waals surface area contributed by atoms with Crippen molar-refractivity contribution in [1.82, 2.24) is 0 Å². The smallest absolute Gasteiger partial charge is 0.310 e. The second-order valence-corrected chi connectivity index (χ2v) is 6.79. The quantitative estimate of drug-likeness (QED) is 0.791. The summed E-state index contributed by atoms with van der Waals surface area (Å²) in [5, 5.41) is 15.2. The first-order chi connectivity index (χ1) is 11.5. The number of rotatable bonds is 4. The van der Waals surface area contributed by atoms with E-state index >= 15 is 0 Å². The molecule has 24 heavy (non-hydrogen) atoms. The normalized spacial score (nSPS) is 19.1. The van der Waals surface area contributed by atoms with E-state index in [2.05, 4.69) is 10.6 Å². The molecule has 0 spiro atoms. The topological polar surface area (TPSA) is 95.5 Å². The van der Waals surface area contributed by atoms with Gasteiger partial charge in [0, 0.05) is 24.2 Å². The Morgan fingerprint density at radius 3 is 2.62 bits per heavy atom. The molecule has 1 aromatic carbocycles. The molecule has 1 aliphatic heterocycles. The zero-order valence-electron chi connectivity index (χ0n) is 13.6. The molecule has 2 aliphatic rings. The number of fused-ring (bicyclic) bond motifs is 1. The standard InChI is InChI=1S/C18H22N2O4/c21-15-7-4-12-10-13(5-6-14(12)20-15)19-16(22)11-18(17(23)24)8-2-1-3-9-18/h5-6,10H,1-4,7-9,11H2,(H,19,22)(H,20,21)(H,23,24). The maximum atomic E-state index is 12.4. The molecule has 1 aliphatic carbocycles. The predicted molar refractivity (Wildman–Crippen MR) is 89.8 cm³/mol. The van der Waals surface area contributed by atoms with Gasteiger partial charge in [0.25, 0.3) is 0 Å². The highest BCUT2D eigenvalue weighted by Gasteiger charge is 2.41. The maximum absolute atomic E-state index is 12.4. The molecule has 1 aromatic rings. The lowest BCUT2D eigenvalue weighted by Gasteiger charge is -2.32. The Labute approximate surface area is 140 Å².